The first-order valence-electron chi connectivity index (χ1n) is 1.47. The maximum absolute atomic E-state index is 8.51. The quantitative estimate of drug-likeness (QED) is 0.521. The fourth-order valence-corrected chi connectivity index (χ4v) is 0. The summed E-state index contributed by atoms with van der Waals surface area (Å²) in [6.45, 7) is 5.06. The Morgan fingerprint density at radius 3 is 2.00 bits per heavy atom. The van der Waals surface area contributed by atoms with Gasteiger partial charge in [-0.25, -0.2) is 0 Å². The van der Waals surface area contributed by atoms with Crippen LogP contribution in [0.25, 0.3) is 0 Å². The predicted molar refractivity (Wildman–Crippen MR) is 31.9 cm³/mol. The zero-order chi connectivity index (χ0) is 6.28. The molecule has 42 valence electrons. The minimum absolute atomic E-state index is 0.639. The van der Waals surface area contributed by atoms with Crippen LogP contribution in [0, 0.1) is 0 Å². The van der Waals surface area contributed by atoms with E-state index in [1.807, 2.05) is 0 Å². The molecule has 0 fully saturated rings. The Labute approximate surface area is 49.1 Å². The summed E-state index contributed by atoms with van der Waals surface area (Å²) in [6.07, 6.45) is 0. The van der Waals surface area contributed by atoms with Crippen LogP contribution in [0.5, 0.6) is 0 Å². The zero-order valence-electron chi connectivity index (χ0n) is 3.94. The molecule has 4 heteroatoms. The molecule has 0 spiro atoms. The molecule has 0 rings (SSSR count). The molecule has 0 saturated carbocycles. The maximum Gasteiger partial charge on any atom is 0.491 e. The van der Waals surface area contributed by atoms with Crippen LogP contribution in [0.4, 0.5) is 0 Å². The van der Waals surface area contributed by atoms with Crippen molar-refractivity contribution in [2.24, 2.45) is 0 Å². The lowest BCUT2D eigenvalue weighted by Crippen LogP contribution is -1.34. The van der Waals surface area contributed by atoms with E-state index in [4.69, 9.17) is 21.1 Å². The van der Waals surface area contributed by atoms with E-state index >= 15 is 0 Å². The van der Waals surface area contributed by atoms with Crippen LogP contribution in [-0.2, 0) is 4.57 Å². The van der Waals surface area contributed by atoms with Gasteiger partial charge in [-0.15, -0.1) is 0 Å². The third-order valence-corrected chi connectivity index (χ3v) is 0. The summed E-state index contributed by atoms with van der Waals surface area (Å²) in [7, 11) is -1.17. The van der Waals surface area contributed by atoms with Crippen molar-refractivity contribution >= 4 is 20.3 Å². The van der Waals surface area contributed by atoms with Crippen molar-refractivity contribution in [3.8, 4) is 0 Å². The first kappa shape index (κ1) is 10.1. The summed E-state index contributed by atoms with van der Waals surface area (Å²) >= 11 is 5.08. The number of rotatable bonds is 0. The van der Waals surface area contributed by atoms with Gasteiger partial charge in [0.05, 0.1) is 0 Å². The molecule has 0 aliphatic heterocycles. The van der Waals surface area contributed by atoms with E-state index in [0.29, 0.717) is 5.03 Å². The molecule has 1 atom stereocenters. The summed E-state index contributed by atoms with van der Waals surface area (Å²) in [4.78, 5) is 7.04. The maximum atomic E-state index is 8.51. The van der Waals surface area contributed by atoms with Gasteiger partial charge >= 0.3 is 8.69 Å². The average Bonchev–Trinajstić information content (AvgIpc) is 1.33. The smallest absolute Gasteiger partial charge is 0.162 e. The number of halogens is 1. The summed E-state index contributed by atoms with van der Waals surface area (Å²) in [6, 6.07) is 0. The van der Waals surface area contributed by atoms with Gasteiger partial charge in [0.25, 0.3) is 0 Å². The Hall–Kier alpha value is 0.0900. The van der Waals surface area contributed by atoms with Gasteiger partial charge in [0, 0.05) is 5.03 Å². The third kappa shape index (κ3) is 12600. The Kier molecular flexibility index (Phi) is 13.7. The van der Waals surface area contributed by atoms with Gasteiger partial charge in [0.1, 0.15) is 0 Å². The third-order valence-electron chi connectivity index (χ3n) is 0. The molecule has 0 aromatic rings. The van der Waals surface area contributed by atoms with Crippen molar-refractivity contribution in [1.29, 1.82) is 0 Å². The lowest BCUT2D eigenvalue weighted by molar-refractivity contribution is 0.524. The van der Waals surface area contributed by atoms with Crippen molar-refractivity contribution < 1.29 is 9.46 Å². The molecule has 7 heavy (non-hydrogen) atoms. The standard InChI is InChI=1S/C3H5Cl.HO2P/c1-3(2)4;1-3-2/h1H2,2H3;3H/p+1. The van der Waals surface area contributed by atoms with E-state index < -0.39 is 8.69 Å². The molecule has 1 unspecified atom stereocenters. The fourth-order valence-electron chi connectivity index (χ4n) is 0. The Balaban J connectivity index is 0. The minimum Gasteiger partial charge on any atom is -0.162 e. The lowest BCUT2D eigenvalue weighted by atomic mass is 10.8. The van der Waals surface area contributed by atoms with E-state index in [1.54, 1.807) is 6.92 Å². The Bertz CT molecular complexity index is 60.0. The van der Waals surface area contributed by atoms with E-state index in [0.717, 1.165) is 0 Å². The highest BCUT2D eigenvalue weighted by Crippen LogP contribution is 1.87. The van der Waals surface area contributed by atoms with Crippen LogP contribution in [0.1, 0.15) is 6.92 Å². The number of allylic oxidation sites excluding steroid dienone is 1. The van der Waals surface area contributed by atoms with Crippen molar-refractivity contribution in [3.05, 3.63) is 11.6 Å². The molecule has 0 amide bonds. The van der Waals surface area contributed by atoms with E-state index in [9.17, 15) is 0 Å². The monoisotopic (exact) mass is 141 g/mol. The molecular weight excluding hydrogens is 134 g/mol. The molecule has 0 aromatic carbocycles. The number of hydrogen-bond donors (Lipinski definition) is 1. The second kappa shape index (κ2) is 9.43. The molecular formula is C3H7ClO2P+. The van der Waals surface area contributed by atoms with Gasteiger partial charge in [0.15, 0.2) is 0 Å². The van der Waals surface area contributed by atoms with E-state index in [1.165, 1.54) is 0 Å². The first-order chi connectivity index (χ1) is 3.15. The molecule has 0 aliphatic carbocycles. The van der Waals surface area contributed by atoms with Crippen molar-refractivity contribution in [2.45, 2.75) is 6.92 Å². The summed E-state index contributed by atoms with van der Waals surface area (Å²) in [5.41, 5.74) is 0. The van der Waals surface area contributed by atoms with Crippen LogP contribution in [0.3, 0.4) is 0 Å². The molecule has 1 N–H and O–H groups in total. The van der Waals surface area contributed by atoms with Crippen LogP contribution < -0.4 is 0 Å². The second-order valence-corrected chi connectivity index (χ2v) is 1.60. The van der Waals surface area contributed by atoms with Gasteiger partial charge in [0.2, 0.25) is 0 Å². The van der Waals surface area contributed by atoms with Crippen molar-refractivity contribution in [3.63, 3.8) is 0 Å². The lowest BCUT2D eigenvalue weighted by Gasteiger charge is -1.61. The largest absolute Gasteiger partial charge is 0.491 e. The molecule has 0 saturated heterocycles. The van der Waals surface area contributed by atoms with Crippen molar-refractivity contribution in [2.75, 3.05) is 0 Å². The summed E-state index contributed by atoms with van der Waals surface area (Å²) < 4.78 is 8.51. The zero-order valence-corrected chi connectivity index (χ0v) is 5.70. The second-order valence-electron chi connectivity index (χ2n) is 0.767. The van der Waals surface area contributed by atoms with Gasteiger partial charge in [-0.3, -0.25) is 0 Å². The van der Waals surface area contributed by atoms with E-state index in [-0.39, 0.29) is 0 Å². The highest BCUT2D eigenvalue weighted by atomic mass is 35.5. The minimum atomic E-state index is -1.17. The Morgan fingerprint density at radius 2 is 2.00 bits per heavy atom. The van der Waals surface area contributed by atoms with E-state index in [2.05, 4.69) is 6.58 Å². The molecule has 0 aromatic heterocycles. The predicted octanol–water partition coefficient (Wildman–Crippen LogP) is 1.68. The van der Waals surface area contributed by atoms with Crippen molar-refractivity contribution in [1.82, 2.24) is 0 Å². The fraction of sp³-hybridized carbons (Fsp3) is 0.333. The van der Waals surface area contributed by atoms with Gasteiger partial charge in [-0.2, -0.15) is 4.89 Å². The molecule has 0 bridgehead atoms. The van der Waals surface area contributed by atoms with Crippen LogP contribution in [0.15, 0.2) is 11.6 Å². The first-order valence-corrected chi connectivity index (χ1v) is 2.70. The summed E-state index contributed by atoms with van der Waals surface area (Å²) in [5.74, 6) is 0. The van der Waals surface area contributed by atoms with Gasteiger partial charge in [-0.1, -0.05) is 18.2 Å². The van der Waals surface area contributed by atoms with Crippen LogP contribution in [-0.4, -0.2) is 4.89 Å². The molecule has 0 aliphatic rings. The molecule has 2 nitrogen and oxygen atoms in total. The summed E-state index contributed by atoms with van der Waals surface area (Å²) in [5, 5.41) is 0.639. The van der Waals surface area contributed by atoms with Crippen LogP contribution >= 0.6 is 20.3 Å². The normalized spacial score (nSPS) is 6.71. The average molecular weight is 142 g/mol. The topological polar surface area (TPSA) is 37.3 Å². The van der Waals surface area contributed by atoms with Gasteiger partial charge < -0.3 is 0 Å². The Morgan fingerprint density at radius 1 is 2.00 bits per heavy atom. The number of hydrogen-bond acceptors (Lipinski definition) is 1. The molecule has 0 heterocycles. The molecule has 0 radical (unpaired) electrons. The van der Waals surface area contributed by atoms with Crippen LogP contribution in [0.2, 0.25) is 0 Å². The highest BCUT2D eigenvalue weighted by Gasteiger charge is 1.55. The SMILES string of the molecule is C=C(C)Cl.O=[PH+]O. The van der Waals surface area contributed by atoms with Gasteiger partial charge in [-0.05, 0) is 11.5 Å². The highest BCUT2D eigenvalue weighted by molar-refractivity contribution is 7.16.